The number of rotatable bonds is 6. The normalized spacial score (nSPS) is 21.3. The molecule has 0 unspecified atom stereocenters. The lowest BCUT2D eigenvalue weighted by atomic mass is 9.96. The van der Waals surface area contributed by atoms with Gasteiger partial charge in [0.25, 0.3) is 5.91 Å². The second-order valence-electron chi connectivity index (χ2n) is 6.98. The Balaban J connectivity index is 1.65. The molecule has 8 nitrogen and oxygen atoms in total. The van der Waals surface area contributed by atoms with Gasteiger partial charge in [-0.2, -0.15) is 0 Å². The number of carbonyl (C=O) groups is 2. The van der Waals surface area contributed by atoms with Gasteiger partial charge in [0, 0.05) is 37.7 Å². The molecule has 2 aliphatic heterocycles. The number of piperidine rings is 1. The number of likely N-dealkylation sites (tertiary alicyclic amines) is 1. The van der Waals surface area contributed by atoms with Crippen LogP contribution < -0.4 is 10.5 Å². The van der Waals surface area contributed by atoms with Crippen molar-refractivity contribution < 1.29 is 22.7 Å². The number of amides is 2. The number of benzene rings is 1. The van der Waals surface area contributed by atoms with Crippen LogP contribution in [0.1, 0.15) is 36.0 Å². The van der Waals surface area contributed by atoms with Crippen molar-refractivity contribution in [2.45, 2.75) is 36.7 Å². The summed E-state index contributed by atoms with van der Waals surface area (Å²) in [7, 11) is -3.72. The highest BCUT2D eigenvalue weighted by Crippen LogP contribution is 2.20. The highest BCUT2D eigenvalue weighted by Gasteiger charge is 2.27. The van der Waals surface area contributed by atoms with Crippen LogP contribution in [-0.2, 0) is 19.6 Å². The molecule has 0 aliphatic carbocycles. The number of hydrogen-bond acceptors (Lipinski definition) is 5. The zero-order valence-corrected chi connectivity index (χ0v) is 15.9. The molecule has 0 bridgehead atoms. The Morgan fingerprint density at radius 3 is 2.59 bits per heavy atom. The largest absolute Gasteiger partial charge is 0.377 e. The highest BCUT2D eigenvalue weighted by atomic mass is 32.2. The van der Waals surface area contributed by atoms with E-state index in [0.717, 1.165) is 12.8 Å². The summed E-state index contributed by atoms with van der Waals surface area (Å²) in [6.07, 6.45) is 2.73. The molecule has 1 aromatic carbocycles. The quantitative estimate of drug-likeness (QED) is 0.726. The van der Waals surface area contributed by atoms with Gasteiger partial charge in [0.15, 0.2) is 0 Å². The molecule has 0 saturated carbocycles. The number of nitrogens with zero attached hydrogens (tertiary/aromatic N) is 1. The third kappa shape index (κ3) is 4.85. The molecule has 1 aromatic rings. The fraction of sp³-hybridized carbons (Fsp3) is 0.556. The van der Waals surface area contributed by atoms with Crippen molar-refractivity contribution in [2.75, 3.05) is 26.2 Å². The van der Waals surface area contributed by atoms with Gasteiger partial charge in [0.2, 0.25) is 15.9 Å². The summed E-state index contributed by atoms with van der Waals surface area (Å²) in [4.78, 5) is 25.6. The molecule has 3 N–H and O–H groups in total. The first kappa shape index (κ1) is 19.8. The van der Waals surface area contributed by atoms with Gasteiger partial charge in [0.1, 0.15) is 0 Å². The first-order valence-corrected chi connectivity index (χ1v) is 10.6. The van der Waals surface area contributed by atoms with E-state index in [4.69, 9.17) is 10.5 Å². The Kier molecular flexibility index (Phi) is 6.13. The molecule has 0 spiro atoms. The van der Waals surface area contributed by atoms with E-state index in [1.807, 2.05) is 0 Å². The molecular formula is C18H25N3O5S. The van der Waals surface area contributed by atoms with Gasteiger partial charge < -0.3 is 15.4 Å². The lowest BCUT2D eigenvalue weighted by Crippen LogP contribution is -2.41. The van der Waals surface area contributed by atoms with Crippen molar-refractivity contribution in [1.29, 1.82) is 0 Å². The van der Waals surface area contributed by atoms with E-state index in [2.05, 4.69) is 4.72 Å². The lowest BCUT2D eigenvalue weighted by Gasteiger charge is -2.30. The topological polar surface area (TPSA) is 119 Å². The predicted octanol–water partition coefficient (Wildman–Crippen LogP) is 0.481. The van der Waals surface area contributed by atoms with Gasteiger partial charge in [-0.25, -0.2) is 13.1 Å². The standard InChI is InChI=1S/C18H25N3O5S/c19-17(22)13-6-8-21(9-7-13)18(23)14-3-1-5-16(11-14)27(24,25)20-12-15-4-2-10-26-15/h1,3,5,11,13,15,20H,2,4,6-10,12H2,(H2,19,22)/t15-/m1/s1. The van der Waals surface area contributed by atoms with Crippen molar-refractivity contribution in [3.05, 3.63) is 29.8 Å². The van der Waals surface area contributed by atoms with Crippen LogP contribution >= 0.6 is 0 Å². The van der Waals surface area contributed by atoms with Crippen molar-refractivity contribution in [3.63, 3.8) is 0 Å². The number of carbonyl (C=O) groups excluding carboxylic acids is 2. The minimum atomic E-state index is -3.72. The first-order chi connectivity index (χ1) is 12.9. The van der Waals surface area contributed by atoms with E-state index in [1.165, 1.54) is 12.1 Å². The van der Waals surface area contributed by atoms with Crippen molar-refractivity contribution in [3.8, 4) is 0 Å². The Morgan fingerprint density at radius 1 is 1.22 bits per heavy atom. The number of sulfonamides is 1. The fourth-order valence-electron chi connectivity index (χ4n) is 3.44. The Morgan fingerprint density at radius 2 is 1.96 bits per heavy atom. The van der Waals surface area contributed by atoms with Gasteiger partial charge in [-0.3, -0.25) is 9.59 Å². The van der Waals surface area contributed by atoms with Crippen LogP contribution in [-0.4, -0.2) is 57.5 Å². The SMILES string of the molecule is NC(=O)C1CCN(C(=O)c2cccc(S(=O)(=O)NC[C@H]3CCCO3)c2)CC1. The van der Waals surface area contributed by atoms with E-state index in [-0.39, 0.29) is 35.3 Å². The molecular weight excluding hydrogens is 370 g/mol. The third-order valence-corrected chi connectivity index (χ3v) is 6.52. The minimum absolute atomic E-state index is 0.0540. The van der Waals surface area contributed by atoms with Gasteiger partial charge in [-0.1, -0.05) is 6.07 Å². The molecule has 2 aliphatic rings. The molecule has 0 aromatic heterocycles. The van der Waals surface area contributed by atoms with Gasteiger partial charge in [0.05, 0.1) is 11.0 Å². The smallest absolute Gasteiger partial charge is 0.253 e. The van der Waals surface area contributed by atoms with Crippen LogP contribution in [0, 0.1) is 5.92 Å². The summed E-state index contributed by atoms with van der Waals surface area (Å²) in [5.41, 5.74) is 5.63. The van der Waals surface area contributed by atoms with E-state index in [1.54, 1.807) is 17.0 Å². The molecule has 0 radical (unpaired) electrons. The molecule has 2 heterocycles. The van der Waals surface area contributed by atoms with E-state index >= 15 is 0 Å². The number of ether oxygens (including phenoxy) is 1. The summed E-state index contributed by atoms with van der Waals surface area (Å²) >= 11 is 0. The summed E-state index contributed by atoms with van der Waals surface area (Å²) < 4.78 is 33.0. The predicted molar refractivity (Wildman–Crippen MR) is 98.4 cm³/mol. The number of nitrogens with one attached hydrogen (secondary N) is 1. The van der Waals surface area contributed by atoms with Crippen molar-refractivity contribution in [1.82, 2.24) is 9.62 Å². The molecule has 2 fully saturated rings. The van der Waals surface area contributed by atoms with Crippen LogP contribution in [0.5, 0.6) is 0 Å². The number of nitrogens with two attached hydrogens (primary N) is 1. The van der Waals surface area contributed by atoms with E-state index in [0.29, 0.717) is 38.1 Å². The zero-order chi connectivity index (χ0) is 19.4. The number of hydrogen-bond donors (Lipinski definition) is 2. The molecule has 1 atom stereocenters. The average Bonchev–Trinajstić information content (AvgIpc) is 3.20. The van der Waals surface area contributed by atoms with Crippen LogP contribution in [0.15, 0.2) is 29.2 Å². The molecule has 27 heavy (non-hydrogen) atoms. The second kappa shape index (κ2) is 8.37. The molecule has 148 valence electrons. The second-order valence-corrected chi connectivity index (χ2v) is 8.75. The molecule has 2 amide bonds. The first-order valence-electron chi connectivity index (χ1n) is 9.17. The summed E-state index contributed by atoms with van der Waals surface area (Å²) in [6.45, 7) is 1.74. The van der Waals surface area contributed by atoms with Crippen molar-refractivity contribution in [2.24, 2.45) is 11.7 Å². The maximum absolute atomic E-state index is 12.7. The van der Waals surface area contributed by atoms with Crippen LogP contribution in [0.25, 0.3) is 0 Å². The van der Waals surface area contributed by atoms with Crippen LogP contribution in [0.3, 0.4) is 0 Å². The number of primary amides is 1. The Labute approximate surface area is 159 Å². The van der Waals surface area contributed by atoms with Gasteiger partial charge in [-0.05, 0) is 43.9 Å². The molecule has 2 saturated heterocycles. The van der Waals surface area contributed by atoms with Gasteiger partial charge in [-0.15, -0.1) is 0 Å². The molecule has 9 heteroatoms. The lowest BCUT2D eigenvalue weighted by molar-refractivity contribution is -0.123. The molecule has 3 rings (SSSR count). The minimum Gasteiger partial charge on any atom is -0.377 e. The summed E-state index contributed by atoms with van der Waals surface area (Å²) in [6, 6.07) is 6.01. The zero-order valence-electron chi connectivity index (χ0n) is 15.1. The Hall–Kier alpha value is -1.97. The van der Waals surface area contributed by atoms with Crippen LogP contribution in [0.4, 0.5) is 0 Å². The van der Waals surface area contributed by atoms with Crippen molar-refractivity contribution >= 4 is 21.8 Å². The maximum Gasteiger partial charge on any atom is 0.253 e. The van der Waals surface area contributed by atoms with Crippen LogP contribution in [0.2, 0.25) is 0 Å². The summed E-state index contributed by atoms with van der Waals surface area (Å²) in [5, 5.41) is 0. The third-order valence-electron chi connectivity index (χ3n) is 5.10. The summed E-state index contributed by atoms with van der Waals surface area (Å²) in [5.74, 6) is -0.788. The highest BCUT2D eigenvalue weighted by molar-refractivity contribution is 7.89. The average molecular weight is 395 g/mol. The van der Waals surface area contributed by atoms with Gasteiger partial charge >= 0.3 is 0 Å². The Bertz CT molecular complexity index is 797. The van der Waals surface area contributed by atoms with E-state index < -0.39 is 10.0 Å². The maximum atomic E-state index is 12.7. The monoisotopic (exact) mass is 395 g/mol. The fourth-order valence-corrected chi connectivity index (χ4v) is 4.55. The van der Waals surface area contributed by atoms with E-state index in [9.17, 15) is 18.0 Å².